The molecule has 1 aliphatic rings. The highest BCUT2D eigenvalue weighted by Gasteiger charge is 2.20. The van der Waals surface area contributed by atoms with Crippen molar-refractivity contribution >= 4 is 0 Å². The van der Waals surface area contributed by atoms with Gasteiger partial charge in [-0.05, 0) is 25.0 Å². The van der Waals surface area contributed by atoms with E-state index in [0.717, 1.165) is 43.8 Å². The van der Waals surface area contributed by atoms with Crippen molar-refractivity contribution in [3.8, 4) is 5.75 Å². The Morgan fingerprint density at radius 1 is 1.23 bits per heavy atom. The van der Waals surface area contributed by atoms with E-state index in [0.29, 0.717) is 12.7 Å². The summed E-state index contributed by atoms with van der Waals surface area (Å²) in [4.78, 5) is 2.44. The number of nitrogens with zero attached hydrogens (tertiary/aromatic N) is 2. The highest BCUT2D eigenvalue weighted by Crippen LogP contribution is 2.21. The van der Waals surface area contributed by atoms with Gasteiger partial charge in [0.05, 0.1) is 19.8 Å². The Labute approximate surface area is 131 Å². The van der Waals surface area contributed by atoms with Crippen LogP contribution in [0.5, 0.6) is 5.75 Å². The van der Waals surface area contributed by atoms with E-state index in [9.17, 15) is 0 Å². The third-order valence-corrected chi connectivity index (χ3v) is 4.15. The molecule has 0 radical (unpaired) electrons. The summed E-state index contributed by atoms with van der Waals surface area (Å²) in [6.07, 6.45) is 4.29. The van der Waals surface area contributed by atoms with Crippen molar-refractivity contribution in [3.63, 3.8) is 0 Å². The first-order valence-corrected chi connectivity index (χ1v) is 7.79. The van der Waals surface area contributed by atoms with Gasteiger partial charge in [-0.25, -0.2) is 0 Å². The second-order valence-electron chi connectivity index (χ2n) is 5.68. The minimum Gasteiger partial charge on any atom is -0.496 e. The number of hydrogen-bond donors (Lipinski definition) is 1. The van der Waals surface area contributed by atoms with E-state index in [2.05, 4.69) is 21.2 Å². The Morgan fingerprint density at radius 3 is 2.77 bits per heavy atom. The van der Waals surface area contributed by atoms with Gasteiger partial charge in [-0.3, -0.25) is 10.00 Å². The summed E-state index contributed by atoms with van der Waals surface area (Å²) in [5.74, 6) is 0.902. The van der Waals surface area contributed by atoms with E-state index in [1.165, 1.54) is 5.69 Å². The number of aromatic nitrogens is 2. The molecule has 1 fully saturated rings. The fraction of sp³-hybridized carbons (Fsp3) is 0.471. The second kappa shape index (κ2) is 7.42. The third kappa shape index (κ3) is 3.87. The number of hydrogen-bond acceptors (Lipinski definition) is 4. The van der Waals surface area contributed by atoms with Gasteiger partial charge in [-0.15, -0.1) is 0 Å². The molecule has 1 aliphatic heterocycles. The zero-order chi connectivity index (χ0) is 15.2. The van der Waals surface area contributed by atoms with E-state index >= 15 is 0 Å². The number of nitrogens with one attached hydrogen (secondary N) is 1. The molecule has 5 heteroatoms. The first-order valence-electron chi connectivity index (χ1n) is 7.79. The van der Waals surface area contributed by atoms with Crippen molar-refractivity contribution in [3.05, 3.63) is 47.8 Å². The monoisotopic (exact) mass is 301 g/mol. The summed E-state index contributed by atoms with van der Waals surface area (Å²) in [6.45, 7) is 3.69. The van der Waals surface area contributed by atoms with Crippen molar-refractivity contribution < 1.29 is 9.47 Å². The molecule has 118 valence electrons. The molecule has 0 spiro atoms. The molecule has 0 bridgehead atoms. The van der Waals surface area contributed by atoms with Gasteiger partial charge in [0, 0.05) is 37.1 Å². The molecule has 0 amide bonds. The molecule has 1 aromatic heterocycles. The maximum absolute atomic E-state index is 6.07. The van der Waals surface area contributed by atoms with E-state index in [1.807, 2.05) is 24.3 Å². The largest absolute Gasteiger partial charge is 0.496 e. The molecule has 0 atom stereocenters. The number of benzene rings is 1. The van der Waals surface area contributed by atoms with Crippen molar-refractivity contribution in [2.75, 3.05) is 20.2 Å². The summed E-state index contributed by atoms with van der Waals surface area (Å²) >= 11 is 0. The molecule has 2 aromatic rings. The minimum absolute atomic E-state index is 0.336. The SMILES string of the molecule is COc1ccccc1COC1CCN(Cc2ccn[nH]2)CC1. The van der Waals surface area contributed by atoms with Crippen LogP contribution in [0, 0.1) is 0 Å². The van der Waals surface area contributed by atoms with Gasteiger partial charge in [-0.2, -0.15) is 5.10 Å². The van der Waals surface area contributed by atoms with Crippen LogP contribution >= 0.6 is 0 Å². The topological polar surface area (TPSA) is 50.4 Å². The summed E-state index contributed by atoms with van der Waals surface area (Å²) in [5, 5.41) is 7.01. The molecule has 1 N–H and O–H groups in total. The molecule has 0 aliphatic carbocycles. The molecule has 0 unspecified atom stereocenters. The van der Waals surface area contributed by atoms with Gasteiger partial charge in [0.2, 0.25) is 0 Å². The van der Waals surface area contributed by atoms with Gasteiger partial charge in [0.25, 0.3) is 0 Å². The predicted molar refractivity (Wildman–Crippen MR) is 84.7 cm³/mol. The Kier molecular flexibility index (Phi) is 5.08. The number of methoxy groups -OCH3 is 1. The summed E-state index contributed by atoms with van der Waals surface area (Å²) in [5.41, 5.74) is 2.29. The lowest BCUT2D eigenvalue weighted by Gasteiger charge is -2.31. The fourth-order valence-corrected chi connectivity index (χ4v) is 2.88. The Bertz CT molecular complexity index is 563. The maximum atomic E-state index is 6.07. The first kappa shape index (κ1) is 15.1. The number of para-hydroxylation sites is 1. The van der Waals surface area contributed by atoms with Crippen LogP contribution in [0.4, 0.5) is 0 Å². The molecular formula is C17H23N3O2. The van der Waals surface area contributed by atoms with Crippen LogP contribution in [-0.2, 0) is 17.9 Å². The molecular weight excluding hydrogens is 278 g/mol. The van der Waals surface area contributed by atoms with Gasteiger partial charge >= 0.3 is 0 Å². The van der Waals surface area contributed by atoms with Crippen LogP contribution in [0.1, 0.15) is 24.1 Å². The predicted octanol–water partition coefficient (Wildman–Crippen LogP) is 2.60. The zero-order valence-corrected chi connectivity index (χ0v) is 13.0. The lowest BCUT2D eigenvalue weighted by molar-refractivity contribution is -0.00476. The van der Waals surface area contributed by atoms with Crippen LogP contribution < -0.4 is 4.74 Å². The quantitative estimate of drug-likeness (QED) is 0.891. The molecule has 3 rings (SSSR count). The van der Waals surface area contributed by atoms with Crippen molar-refractivity contribution in [2.45, 2.75) is 32.1 Å². The number of piperidine rings is 1. The average Bonchev–Trinajstić information content (AvgIpc) is 3.07. The smallest absolute Gasteiger partial charge is 0.124 e. The summed E-state index contributed by atoms with van der Waals surface area (Å²) in [7, 11) is 1.70. The third-order valence-electron chi connectivity index (χ3n) is 4.15. The number of aromatic amines is 1. The lowest BCUT2D eigenvalue weighted by atomic mass is 10.1. The highest BCUT2D eigenvalue weighted by molar-refractivity contribution is 5.32. The molecule has 1 saturated heterocycles. The normalized spacial score (nSPS) is 16.8. The van der Waals surface area contributed by atoms with E-state index in [4.69, 9.17) is 9.47 Å². The second-order valence-corrected chi connectivity index (χ2v) is 5.68. The van der Waals surface area contributed by atoms with Crippen molar-refractivity contribution in [1.29, 1.82) is 0 Å². The summed E-state index contributed by atoms with van der Waals surface area (Å²) < 4.78 is 11.4. The lowest BCUT2D eigenvalue weighted by Crippen LogP contribution is -2.36. The van der Waals surface area contributed by atoms with Gasteiger partial charge in [-0.1, -0.05) is 18.2 Å². The van der Waals surface area contributed by atoms with Gasteiger partial charge < -0.3 is 9.47 Å². The fourth-order valence-electron chi connectivity index (χ4n) is 2.88. The first-order chi connectivity index (χ1) is 10.8. The molecule has 22 heavy (non-hydrogen) atoms. The Morgan fingerprint density at radius 2 is 2.05 bits per heavy atom. The van der Waals surface area contributed by atoms with Crippen LogP contribution in [-0.4, -0.2) is 41.4 Å². The maximum Gasteiger partial charge on any atom is 0.124 e. The van der Waals surface area contributed by atoms with Gasteiger partial charge in [0.15, 0.2) is 0 Å². The summed E-state index contributed by atoms with van der Waals surface area (Å²) in [6, 6.07) is 10.1. The van der Waals surface area contributed by atoms with E-state index in [1.54, 1.807) is 13.3 Å². The van der Waals surface area contributed by atoms with E-state index < -0.39 is 0 Å². The van der Waals surface area contributed by atoms with Crippen LogP contribution in [0.2, 0.25) is 0 Å². The Balaban J connectivity index is 1.44. The van der Waals surface area contributed by atoms with Crippen molar-refractivity contribution in [2.24, 2.45) is 0 Å². The number of rotatable bonds is 6. The van der Waals surface area contributed by atoms with Crippen LogP contribution in [0.3, 0.4) is 0 Å². The molecule has 1 aromatic carbocycles. The van der Waals surface area contributed by atoms with Gasteiger partial charge in [0.1, 0.15) is 5.75 Å². The zero-order valence-electron chi connectivity index (χ0n) is 13.0. The minimum atomic E-state index is 0.336. The van der Waals surface area contributed by atoms with E-state index in [-0.39, 0.29) is 0 Å². The molecule has 2 heterocycles. The molecule has 0 saturated carbocycles. The average molecular weight is 301 g/mol. The van der Waals surface area contributed by atoms with Crippen LogP contribution in [0.25, 0.3) is 0 Å². The number of H-pyrrole nitrogens is 1. The van der Waals surface area contributed by atoms with Crippen molar-refractivity contribution in [1.82, 2.24) is 15.1 Å². The Hall–Kier alpha value is -1.85. The van der Waals surface area contributed by atoms with Crippen LogP contribution in [0.15, 0.2) is 36.5 Å². The number of ether oxygens (including phenoxy) is 2. The standard InChI is InChI=1S/C17H23N3O2/c1-21-17-5-3-2-4-14(17)13-22-16-7-10-20(11-8-16)12-15-6-9-18-19-15/h2-6,9,16H,7-8,10-13H2,1H3,(H,18,19). The molecule has 5 nitrogen and oxygen atoms in total. The highest BCUT2D eigenvalue weighted by atomic mass is 16.5. The number of likely N-dealkylation sites (tertiary alicyclic amines) is 1.